The third-order valence-electron chi connectivity index (χ3n) is 4.34. The lowest BCUT2D eigenvalue weighted by atomic mass is 10.0. The van der Waals surface area contributed by atoms with Crippen molar-refractivity contribution >= 4 is 58.0 Å². The van der Waals surface area contributed by atoms with Crippen molar-refractivity contribution in [2.24, 2.45) is 0 Å². The smallest absolute Gasteiger partial charge is 0.257 e. The van der Waals surface area contributed by atoms with Crippen LogP contribution in [0.3, 0.4) is 0 Å². The number of rotatable bonds is 3. The van der Waals surface area contributed by atoms with Gasteiger partial charge in [0.15, 0.2) is 0 Å². The monoisotopic (exact) mass is 408 g/mol. The third kappa shape index (κ3) is 3.65. The summed E-state index contributed by atoms with van der Waals surface area (Å²) in [6, 6.07) is 19.4. The number of anilines is 2. The summed E-state index contributed by atoms with van der Waals surface area (Å²) >= 11 is 12.1. The molecule has 0 aliphatic carbocycles. The maximum Gasteiger partial charge on any atom is 0.257 e. The van der Waals surface area contributed by atoms with Crippen molar-refractivity contribution in [1.29, 1.82) is 0 Å². The Balaban J connectivity index is 1.62. The van der Waals surface area contributed by atoms with Crippen molar-refractivity contribution < 1.29 is 9.59 Å². The van der Waals surface area contributed by atoms with Crippen LogP contribution in [0.4, 0.5) is 11.4 Å². The summed E-state index contributed by atoms with van der Waals surface area (Å²) in [5.41, 5.74) is 3.81. The van der Waals surface area contributed by atoms with E-state index in [1.807, 2.05) is 18.2 Å². The minimum Gasteiger partial charge on any atom is -0.322 e. The molecule has 0 fully saturated rings. The fraction of sp³-hybridized carbons (Fsp3) is 0. The second kappa shape index (κ2) is 7.50. The number of halogens is 2. The highest BCUT2D eigenvalue weighted by molar-refractivity contribution is 6.36. The molecule has 0 spiro atoms. The van der Waals surface area contributed by atoms with E-state index >= 15 is 0 Å². The summed E-state index contributed by atoms with van der Waals surface area (Å²) in [6.07, 6.45) is 1.78. The molecule has 28 heavy (non-hydrogen) atoms. The fourth-order valence-electron chi connectivity index (χ4n) is 3.03. The molecular formula is C22H14Cl2N2O2. The minimum absolute atomic E-state index is 0.192. The summed E-state index contributed by atoms with van der Waals surface area (Å²) in [6.45, 7) is 0. The van der Waals surface area contributed by atoms with Crippen LogP contribution in [0.15, 0.2) is 66.7 Å². The van der Waals surface area contributed by atoms with E-state index in [0.717, 1.165) is 11.1 Å². The van der Waals surface area contributed by atoms with Crippen molar-refractivity contribution in [3.8, 4) is 0 Å². The SMILES string of the molecule is O=C1Nc2cc(Cl)ccc2/C1=C\c1cccc(NC(=O)c2ccccc2Cl)c1. The molecule has 0 radical (unpaired) electrons. The number of hydrogen-bond donors (Lipinski definition) is 2. The number of carbonyl (C=O) groups excluding carboxylic acids is 2. The van der Waals surface area contributed by atoms with Crippen molar-refractivity contribution in [3.05, 3.63) is 93.5 Å². The van der Waals surface area contributed by atoms with Gasteiger partial charge in [-0.3, -0.25) is 9.59 Å². The molecule has 0 bridgehead atoms. The van der Waals surface area contributed by atoms with Crippen molar-refractivity contribution in [1.82, 2.24) is 0 Å². The van der Waals surface area contributed by atoms with Gasteiger partial charge in [-0.15, -0.1) is 0 Å². The van der Waals surface area contributed by atoms with E-state index in [0.29, 0.717) is 32.6 Å². The van der Waals surface area contributed by atoms with Crippen LogP contribution in [-0.4, -0.2) is 11.8 Å². The predicted molar refractivity (Wildman–Crippen MR) is 114 cm³/mol. The van der Waals surface area contributed by atoms with Gasteiger partial charge < -0.3 is 10.6 Å². The normalized spacial score (nSPS) is 13.9. The molecule has 1 heterocycles. The second-order valence-electron chi connectivity index (χ2n) is 6.26. The minimum atomic E-state index is -0.297. The molecule has 0 saturated heterocycles. The van der Waals surface area contributed by atoms with Gasteiger partial charge in [-0.1, -0.05) is 53.5 Å². The van der Waals surface area contributed by atoms with Crippen molar-refractivity contribution in [3.63, 3.8) is 0 Å². The number of fused-ring (bicyclic) bond motifs is 1. The van der Waals surface area contributed by atoms with Gasteiger partial charge in [0.05, 0.1) is 16.3 Å². The lowest BCUT2D eigenvalue weighted by molar-refractivity contribution is -0.110. The Hall–Kier alpha value is -3.08. The summed E-state index contributed by atoms with van der Waals surface area (Å²) in [4.78, 5) is 24.8. The Morgan fingerprint density at radius 2 is 1.79 bits per heavy atom. The topological polar surface area (TPSA) is 58.2 Å². The average Bonchev–Trinajstić information content (AvgIpc) is 2.96. The molecular weight excluding hydrogens is 395 g/mol. The van der Waals surface area contributed by atoms with E-state index in [1.54, 1.807) is 54.6 Å². The van der Waals surface area contributed by atoms with Gasteiger partial charge >= 0.3 is 0 Å². The first kappa shape index (κ1) is 18.3. The first-order valence-electron chi connectivity index (χ1n) is 8.50. The van der Waals surface area contributed by atoms with Crippen LogP contribution in [0.1, 0.15) is 21.5 Å². The second-order valence-corrected chi connectivity index (χ2v) is 7.11. The molecule has 0 unspecified atom stereocenters. The van der Waals surface area contributed by atoms with Gasteiger partial charge in [0.1, 0.15) is 0 Å². The van der Waals surface area contributed by atoms with Gasteiger partial charge in [0, 0.05) is 21.8 Å². The van der Waals surface area contributed by atoms with Gasteiger partial charge in [-0.05, 0) is 48.0 Å². The van der Waals surface area contributed by atoms with Crippen LogP contribution in [0.5, 0.6) is 0 Å². The van der Waals surface area contributed by atoms with Gasteiger partial charge in [0.2, 0.25) is 0 Å². The molecule has 1 aliphatic rings. The van der Waals surface area contributed by atoms with Crippen LogP contribution in [0, 0.1) is 0 Å². The molecule has 2 N–H and O–H groups in total. The van der Waals surface area contributed by atoms with E-state index < -0.39 is 0 Å². The molecule has 1 aliphatic heterocycles. The number of benzene rings is 3. The van der Waals surface area contributed by atoms with E-state index in [4.69, 9.17) is 23.2 Å². The Morgan fingerprint density at radius 3 is 2.61 bits per heavy atom. The summed E-state index contributed by atoms with van der Waals surface area (Å²) in [5.74, 6) is -0.489. The van der Waals surface area contributed by atoms with Crippen LogP contribution < -0.4 is 10.6 Å². The van der Waals surface area contributed by atoms with Gasteiger partial charge in [-0.2, -0.15) is 0 Å². The molecule has 4 rings (SSSR count). The Kier molecular flexibility index (Phi) is 4.90. The van der Waals surface area contributed by atoms with E-state index in [9.17, 15) is 9.59 Å². The number of hydrogen-bond acceptors (Lipinski definition) is 2. The standard InChI is InChI=1S/C22H14Cl2N2O2/c23-14-8-9-16-18(22(28)26-20(16)12-14)11-13-4-3-5-15(10-13)25-21(27)17-6-1-2-7-19(17)24/h1-12H,(H,25,27)(H,26,28)/b18-11+. The van der Waals surface area contributed by atoms with Crippen LogP contribution >= 0.6 is 23.2 Å². The first-order chi connectivity index (χ1) is 13.5. The molecule has 4 nitrogen and oxygen atoms in total. The quantitative estimate of drug-likeness (QED) is 0.542. The number of nitrogens with one attached hydrogen (secondary N) is 2. The Labute approximate surface area is 171 Å². The van der Waals surface area contributed by atoms with E-state index in [2.05, 4.69) is 10.6 Å². The zero-order valence-corrected chi connectivity index (χ0v) is 16.0. The first-order valence-corrected chi connectivity index (χ1v) is 9.26. The maximum absolute atomic E-state index is 12.5. The Morgan fingerprint density at radius 1 is 0.964 bits per heavy atom. The van der Waals surface area contributed by atoms with Gasteiger partial charge in [-0.25, -0.2) is 0 Å². The van der Waals surface area contributed by atoms with Crippen LogP contribution in [0.2, 0.25) is 10.0 Å². The van der Waals surface area contributed by atoms with Gasteiger partial charge in [0.25, 0.3) is 11.8 Å². The molecule has 3 aromatic carbocycles. The number of carbonyl (C=O) groups is 2. The molecule has 0 atom stereocenters. The lowest BCUT2D eigenvalue weighted by Gasteiger charge is -2.08. The molecule has 6 heteroatoms. The molecule has 0 aromatic heterocycles. The largest absolute Gasteiger partial charge is 0.322 e. The summed E-state index contributed by atoms with van der Waals surface area (Å²) in [7, 11) is 0. The highest BCUT2D eigenvalue weighted by Gasteiger charge is 2.24. The highest BCUT2D eigenvalue weighted by Crippen LogP contribution is 2.35. The van der Waals surface area contributed by atoms with Crippen LogP contribution in [0.25, 0.3) is 11.6 Å². The van der Waals surface area contributed by atoms with E-state index in [-0.39, 0.29) is 11.8 Å². The van der Waals surface area contributed by atoms with Crippen molar-refractivity contribution in [2.75, 3.05) is 10.6 Å². The average molecular weight is 409 g/mol. The zero-order chi connectivity index (χ0) is 19.7. The summed E-state index contributed by atoms with van der Waals surface area (Å²) in [5, 5.41) is 6.58. The third-order valence-corrected chi connectivity index (χ3v) is 4.90. The highest BCUT2D eigenvalue weighted by atomic mass is 35.5. The molecule has 3 aromatic rings. The zero-order valence-electron chi connectivity index (χ0n) is 14.5. The fourth-order valence-corrected chi connectivity index (χ4v) is 3.42. The lowest BCUT2D eigenvalue weighted by Crippen LogP contribution is -2.12. The molecule has 138 valence electrons. The molecule has 2 amide bonds. The number of amides is 2. The van der Waals surface area contributed by atoms with E-state index in [1.165, 1.54) is 0 Å². The maximum atomic E-state index is 12.5. The van der Waals surface area contributed by atoms with Crippen LogP contribution in [-0.2, 0) is 4.79 Å². The predicted octanol–water partition coefficient (Wildman–Crippen LogP) is 5.74. The Bertz CT molecular complexity index is 1140. The summed E-state index contributed by atoms with van der Waals surface area (Å²) < 4.78 is 0. The van der Waals surface area contributed by atoms with Crippen molar-refractivity contribution in [2.45, 2.75) is 0 Å². The molecule has 0 saturated carbocycles.